The molecule has 248 valence electrons. The molecular formula is C32H35N5O9S. The van der Waals surface area contributed by atoms with E-state index in [2.05, 4.69) is 20.8 Å². The molecule has 2 amide bonds. The van der Waals surface area contributed by atoms with Gasteiger partial charge in [0.05, 0.1) is 41.2 Å². The number of nitrogens with zero attached hydrogens (tertiary/aromatic N) is 1. The van der Waals surface area contributed by atoms with Crippen molar-refractivity contribution in [2.45, 2.75) is 48.9 Å². The van der Waals surface area contributed by atoms with Crippen molar-refractivity contribution < 1.29 is 32.6 Å². The molecule has 2 atom stereocenters. The van der Waals surface area contributed by atoms with Crippen LogP contribution in [0.3, 0.4) is 0 Å². The summed E-state index contributed by atoms with van der Waals surface area (Å²) in [6, 6.07) is 11.9. The van der Waals surface area contributed by atoms with Crippen LogP contribution in [0.25, 0.3) is 10.8 Å². The molecule has 2 heterocycles. The van der Waals surface area contributed by atoms with Crippen molar-refractivity contribution in [1.29, 1.82) is 0 Å². The number of anilines is 2. The summed E-state index contributed by atoms with van der Waals surface area (Å²) in [7, 11) is -0.879. The summed E-state index contributed by atoms with van der Waals surface area (Å²) in [6.45, 7) is 3.40. The largest absolute Gasteiger partial charge is 0.493 e. The van der Waals surface area contributed by atoms with Gasteiger partial charge in [-0.3, -0.25) is 29.9 Å². The third-order valence-electron chi connectivity index (χ3n) is 8.18. The van der Waals surface area contributed by atoms with Crippen LogP contribution in [0.1, 0.15) is 49.9 Å². The lowest BCUT2D eigenvalue weighted by Gasteiger charge is -2.32. The van der Waals surface area contributed by atoms with Crippen LogP contribution in [-0.4, -0.2) is 66.6 Å². The van der Waals surface area contributed by atoms with Crippen LogP contribution >= 0.6 is 0 Å². The van der Waals surface area contributed by atoms with Gasteiger partial charge in [-0.15, -0.1) is 0 Å². The second-order valence-corrected chi connectivity index (χ2v) is 13.8. The first kappa shape index (κ1) is 33.1. The number of hydrogen-bond donors (Lipinski definition) is 5. The monoisotopic (exact) mass is 665 g/mol. The van der Waals surface area contributed by atoms with Crippen LogP contribution in [0.2, 0.25) is 0 Å². The standard InChI is InChI=1S/C32H35N5O9S/c1-17(2)47(43,44)27-12-9-20(34-32(41)42)16-23(27)24-6-5-13-37(24)31(40)28(18-7-11-25(45-3)26(14-18)46-4)33-19-8-10-21-22(15-19)30(39)36-35-29(21)38/h7-12,14-17,24,28,33-34H,5-6,13H2,1-4H3,(H,35,38)(H,36,39)(H,41,42)/t24-,28+/m1/s1. The second-order valence-electron chi connectivity index (χ2n) is 11.3. The number of rotatable bonds is 10. The average molecular weight is 666 g/mol. The number of carbonyl (C=O) groups excluding carboxylic acids is 1. The van der Waals surface area contributed by atoms with E-state index in [1.54, 1.807) is 43.0 Å². The zero-order valence-corrected chi connectivity index (χ0v) is 26.9. The molecule has 1 fully saturated rings. The van der Waals surface area contributed by atoms with Gasteiger partial charge in [0.2, 0.25) is 5.91 Å². The maximum atomic E-state index is 14.6. The molecule has 0 aliphatic carbocycles. The van der Waals surface area contributed by atoms with Crippen LogP contribution in [0.15, 0.2) is 69.1 Å². The van der Waals surface area contributed by atoms with E-state index in [1.807, 2.05) is 0 Å². The molecule has 0 unspecified atom stereocenters. The van der Waals surface area contributed by atoms with Gasteiger partial charge < -0.3 is 24.8 Å². The fourth-order valence-electron chi connectivity index (χ4n) is 5.80. The van der Waals surface area contributed by atoms with Crippen LogP contribution in [-0.2, 0) is 14.6 Å². The van der Waals surface area contributed by atoms with E-state index in [9.17, 15) is 32.7 Å². The Kier molecular flexibility index (Phi) is 9.28. The number of amides is 2. The number of aromatic amines is 2. The normalized spacial score (nSPS) is 15.4. The van der Waals surface area contributed by atoms with Gasteiger partial charge in [-0.25, -0.2) is 13.2 Å². The van der Waals surface area contributed by atoms with Crippen molar-refractivity contribution in [3.05, 3.63) is 86.4 Å². The lowest BCUT2D eigenvalue weighted by atomic mass is 10.0. The Balaban J connectivity index is 1.62. The zero-order valence-electron chi connectivity index (χ0n) is 26.1. The molecule has 3 aromatic carbocycles. The molecule has 5 N–H and O–H groups in total. The van der Waals surface area contributed by atoms with E-state index in [4.69, 9.17) is 9.47 Å². The summed E-state index contributed by atoms with van der Waals surface area (Å²) < 4.78 is 37.8. The number of H-pyrrole nitrogens is 2. The summed E-state index contributed by atoms with van der Waals surface area (Å²) in [4.78, 5) is 52.5. The number of hydrogen-bond acceptors (Lipinski definition) is 9. The van der Waals surface area contributed by atoms with E-state index in [0.717, 1.165) is 0 Å². The van der Waals surface area contributed by atoms with Gasteiger partial charge in [-0.1, -0.05) is 6.07 Å². The van der Waals surface area contributed by atoms with E-state index >= 15 is 0 Å². The van der Waals surface area contributed by atoms with Crippen molar-refractivity contribution in [1.82, 2.24) is 15.1 Å². The smallest absolute Gasteiger partial charge is 0.409 e. The SMILES string of the molecule is COc1ccc([C@H](Nc2ccc3c(=O)[nH][nH]c(=O)c3c2)C(=O)N2CCC[C@@H]2c2cc(NC(=O)O)ccc2S(=O)(=O)C(C)C)cc1OC. The highest BCUT2D eigenvalue weighted by molar-refractivity contribution is 7.92. The van der Waals surface area contributed by atoms with Crippen molar-refractivity contribution in [2.75, 3.05) is 31.4 Å². The molecule has 0 bridgehead atoms. The van der Waals surface area contributed by atoms with E-state index < -0.39 is 50.3 Å². The number of methoxy groups -OCH3 is 2. The van der Waals surface area contributed by atoms with Crippen molar-refractivity contribution in [2.24, 2.45) is 0 Å². The summed E-state index contributed by atoms with van der Waals surface area (Å²) >= 11 is 0. The third-order valence-corrected chi connectivity index (χ3v) is 10.4. The Morgan fingerprint density at radius 3 is 2.26 bits per heavy atom. The molecule has 1 aliphatic rings. The summed E-state index contributed by atoms with van der Waals surface area (Å²) in [5.41, 5.74) is 0.317. The minimum atomic E-state index is -3.83. The number of benzene rings is 3. The van der Waals surface area contributed by atoms with Gasteiger partial charge in [0.1, 0.15) is 6.04 Å². The number of nitrogens with one attached hydrogen (secondary N) is 4. The molecule has 4 aromatic rings. The Morgan fingerprint density at radius 2 is 1.60 bits per heavy atom. The van der Waals surface area contributed by atoms with E-state index in [0.29, 0.717) is 47.7 Å². The molecule has 15 heteroatoms. The maximum Gasteiger partial charge on any atom is 0.409 e. The Morgan fingerprint density at radius 1 is 0.915 bits per heavy atom. The predicted molar refractivity (Wildman–Crippen MR) is 175 cm³/mol. The first-order valence-electron chi connectivity index (χ1n) is 14.8. The summed E-state index contributed by atoms with van der Waals surface area (Å²) in [5, 5.41) is 18.9. The lowest BCUT2D eigenvalue weighted by Crippen LogP contribution is -2.38. The van der Waals surface area contributed by atoms with Crippen LogP contribution in [0, 0.1) is 0 Å². The molecular weight excluding hydrogens is 630 g/mol. The fourth-order valence-corrected chi connectivity index (χ4v) is 7.09. The quantitative estimate of drug-likeness (QED) is 0.165. The number of sulfone groups is 1. The molecule has 1 aromatic heterocycles. The van der Waals surface area contributed by atoms with Gasteiger partial charge >= 0.3 is 6.09 Å². The van der Waals surface area contributed by atoms with Gasteiger partial charge in [-0.05, 0) is 86.3 Å². The average Bonchev–Trinajstić information content (AvgIpc) is 3.54. The maximum absolute atomic E-state index is 14.6. The number of carbonyl (C=O) groups is 2. The molecule has 5 rings (SSSR count). The van der Waals surface area contributed by atoms with Gasteiger partial charge in [0.15, 0.2) is 21.3 Å². The first-order chi connectivity index (χ1) is 22.3. The Bertz CT molecular complexity index is 2070. The minimum Gasteiger partial charge on any atom is -0.493 e. The molecule has 0 spiro atoms. The lowest BCUT2D eigenvalue weighted by molar-refractivity contribution is -0.133. The molecule has 47 heavy (non-hydrogen) atoms. The summed E-state index contributed by atoms with van der Waals surface area (Å²) in [5.74, 6) is 0.384. The Hall–Kier alpha value is -5.31. The zero-order chi connectivity index (χ0) is 34.0. The minimum absolute atomic E-state index is 0.0164. The summed E-state index contributed by atoms with van der Waals surface area (Å²) in [6.07, 6.45) is -0.333. The second kappa shape index (κ2) is 13.2. The number of aromatic nitrogens is 2. The highest BCUT2D eigenvalue weighted by Gasteiger charge is 2.38. The van der Waals surface area contributed by atoms with E-state index in [-0.39, 0.29) is 21.4 Å². The van der Waals surface area contributed by atoms with Crippen molar-refractivity contribution in [3.8, 4) is 11.5 Å². The molecule has 0 saturated carbocycles. The van der Waals surface area contributed by atoms with Crippen LogP contribution in [0.4, 0.5) is 16.2 Å². The van der Waals surface area contributed by atoms with Crippen LogP contribution < -0.4 is 31.2 Å². The number of likely N-dealkylation sites (tertiary alicyclic amines) is 1. The highest BCUT2D eigenvalue weighted by Crippen LogP contribution is 2.41. The van der Waals surface area contributed by atoms with Gasteiger partial charge in [-0.2, -0.15) is 0 Å². The fraction of sp³-hybridized carbons (Fsp3) is 0.312. The third kappa shape index (κ3) is 6.52. The predicted octanol–water partition coefficient (Wildman–Crippen LogP) is 4.02. The number of fused-ring (bicyclic) bond motifs is 1. The molecule has 0 radical (unpaired) electrons. The number of carboxylic acid groups (broad SMARTS) is 1. The Labute approximate surface area is 269 Å². The van der Waals surface area contributed by atoms with E-state index in [1.165, 1.54) is 44.6 Å². The van der Waals surface area contributed by atoms with Crippen LogP contribution in [0.5, 0.6) is 11.5 Å². The van der Waals surface area contributed by atoms with Gasteiger partial charge in [0.25, 0.3) is 11.1 Å². The topological polar surface area (TPSA) is 200 Å². The van der Waals surface area contributed by atoms with Crippen molar-refractivity contribution in [3.63, 3.8) is 0 Å². The molecule has 14 nitrogen and oxygen atoms in total. The first-order valence-corrected chi connectivity index (χ1v) is 16.3. The number of ether oxygens (including phenoxy) is 2. The molecule has 1 aliphatic heterocycles. The van der Waals surface area contributed by atoms with Gasteiger partial charge in [0, 0.05) is 17.9 Å². The molecule has 1 saturated heterocycles. The van der Waals surface area contributed by atoms with Crippen molar-refractivity contribution >= 4 is 44.0 Å². The highest BCUT2D eigenvalue weighted by atomic mass is 32.2.